The van der Waals surface area contributed by atoms with Crippen LogP contribution in [-0.4, -0.2) is 52.8 Å². The molecule has 1 amide bonds. The Morgan fingerprint density at radius 2 is 2.09 bits per heavy atom. The zero-order valence-electron chi connectivity index (χ0n) is 18.0. The number of allylic oxidation sites excluding steroid dienone is 4. The maximum atomic E-state index is 14.3. The maximum absolute atomic E-state index is 14.3. The van der Waals surface area contributed by atoms with Gasteiger partial charge < -0.3 is 9.88 Å². The van der Waals surface area contributed by atoms with Gasteiger partial charge in [-0.15, -0.1) is 0 Å². The van der Waals surface area contributed by atoms with Gasteiger partial charge in [0.25, 0.3) is 5.56 Å². The zero-order valence-corrected chi connectivity index (χ0v) is 18.0. The van der Waals surface area contributed by atoms with Crippen molar-refractivity contribution in [2.24, 2.45) is 5.92 Å². The van der Waals surface area contributed by atoms with E-state index in [1.165, 1.54) is 23.4 Å². The number of carbonyl (C=O) groups excluding carboxylic acids is 1. The summed E-state index contributed by atoms with van der Waals surface area (Å²) in [5, 5.41) is 4.36. The number of nitrogens with zero attached hydrogens (tertiary/aromatic N) is 6. The average molecular weight is 455 g/mol. The molecule has 0 spiro atoms. The number of carbonyl (C=O) groups is 1. The van der Waals surface area contributed by atoms with E-state index in [1.54, 1.807) is 21.6 Å². The van der Waals surface area contributed by atoms with Crippen LogP contribution in [0.15, 0.2) is 47.2 Å². The summed E-state index contributed by atoms with van der Waals surface area (Å²) in [6.07, 6.45) is 6.70. The Kier molecular flexibility index (Phi) is 5.39. The standard InChI is InChI=1S/C22H23F2N7O2/c1-2-5-29-12-25-21-19(22(29)33)27-20(28-21)14-8-26-30(11-14)9-13-6-18(32)31(10-13)17-4-3-15(23)7-16(17)24/h3-4,8,11-13,16H,2,5-7,9-10H2,1H3,(H,27,28). The highest BCUT2D eigenvalue weighted by atomic mass is 19.1. The van der Waals surface area contributed by atoms with Crippen LogP contribution in [0.5, 0.6) is 0 Å². The summed E-state index contributed by atoms with van der Waals surface area (Å²) in [4.78, 5) is 38.1. The van der Waals surface area contributed by atoms with E-state index in [-0.39, 0.29) is 35.9 Å². The molecule has 1 fully saturated rings. The van der Waals surface area contributed by atoms with Crippen LogP contribution in [0.3, 0.4) is 0 Å². The normalized spacial score (nSPS) is 21.1. The van der Waals surface area contributed by atoms with Crippen LogP contribution in [0.4, 0.5) is 8.78 Å². The topological polar surface area (TPSA) is 102 Å². The second kappa shape index (κ2) is 8.38. The molecule has 1 saturated heterocycles. The van der Waals surface area contributed by atoms with Crippen LogP contribution in [-0.2, 0) is 17.9 Å². The first kappa shape index (κ1) is 21.2. The van der Waals surface area contributed by atoms with Crippen LogP contribution in [0.1, 0.15) is 26.2 Å². The zero-order chi connectivity index (χ0) is 23.1. The number of hydrogen-bond donors (Lipinski definition) is 1. The number of fused-ring (bicyclic) bond motifs is 1. The lowest BCUT2D eigenvalue weighted by Crippen LogP contribution is -2.31. The van der Waals surface area contributed by atoms with Crippen LogP contribution in [0, 0.1) is 5.92 Å². The molecule has 2 unspecified atom stereocenters. The molecule has 4 heterocycles. The van der Waals surface area contributed by atoms with Crippen molar-refractivity contribution in [2.45, 2.75) is 45.4 Å². The van der Waals surface area contributed by atoms with E-state index < -0.39 is 12.0 Å². The van der Waals surface area contributed by atoms with Crippen LogP contribution >= 0.6 is 0 Å². The minimum atomic E-state index is -1.52. The van der Waals surface area contributed by atoms with Crippen molar-refractivity contribution in [3.8, 4) is 11.4 Å². The van der Waals surface area contributed by atoms with E-state index in [0.29, 0.717) is 42.2 Å². The van der Waals surface area contributed by atoms with Gasteiger partial charge in [0.1, 0.15) is 24.2 Å². The van der Waals surface area contributed by atoms with Crippen molar-refractivity contribution in [2.75, 3.05) is 6.54 Å². The first-order valence-electron chi connectivity index (χ1n) is 10.9. The minimum Gasteiger partial charge on any atom is -0.332 e. The third kappa shape index (κ3) is 3.98. The number of rotatable bonds is 6. The Morgan fingerprint density at radius 3 is 2.88 bits per heavy atom. The van der Waals surface area contributed by atoms with Gasteiger partial charge in [-0.05, 0) is 18.6 Å². The number of alkyl halides is 1. The summed E-state index contributed by atoms with van der Waals surface area (Å²) in [6, 6.07) is 0. The molecular formula is C22H23F2N7O2. The van der Waals surface area contributed by atoms with E-state index in [0.717, 1.165) is 6.42 Å². The smallest absolute Gasteiger partial charge is 0.279 e. The molecule has 2 aliphatic rings. The number of aryl methyl sites for hydroxylation is 1. The molecule has 1 N–H and O–H groups in total. The van der Waals surface area contributed by atoms with Gasteiger partial charge in [0.05, 0.1) is 17.5 Å². The van der Waals surface area contributed by atoms with Gasteiger partial charge in [-0.2, -0.15) is 5.10 Å². The number of halogens is 2. The molecule has 172 valence electrons. The number of imidazole rings is 1. The van der Waals surface area contributed by atoms with Crippen LogP contribution in [0.2, 0.25) is 0 Å². The van der Waals surface area contributed by atoms with Crippen molar-refractivity contribution in [1.82, 2.24) is 34.2 Å². The number of H-pyrrole nitrogens is 1. The molecule has 3 aromatic rings. The van der Waals surface area contributed by atoms with E-state index in [9.17, 15) is 18.4 Å². The molecule has 0 bridgehead atoms. The van der Waals surface area contributed by atoms with Crippen molar-refractivity contribution < 1.29 is 13.6 Å². The van der Waals surface area contributed by atoms with Crippen molar-refractivity contribution in [1.29, 1.82) is 0 Å². The Labute approximate surface area is 187 Å². The minimum absolute atomic E-state index is 0.0623. The molecule has 9 nitrogen and oxygen atoms in total. The number of aromatic nitrogens is 6. The molecule has 0 saturated carbocycles. The van der Waals surface area contributed by atoms with E-state index in [1.807, 2.05) is 6.92 Å². The summed E-state index contributed by atoms with van der Waals surface area (Å²) in [5.41, 5.74) is 1.43. The molecule has 0 radical (unpaired) electrons. The molecular weight excluding hydrogens is 432 g/mol. The SMILES string of the molecule is CCCn1cnc2nc(-c3cnn(CC4CC(=O)N(C5=CC=C(F)CC5F)C4)c3)[nH]c2c1=O. The molecule has 3 aromatic heterocycles. The quantitative estimate of drug-likeness (QED) is 0.616. The largest absolute Gasteiger partial charge is 0.332 e. The number of nitrogens with one attached hydrogen (secondary N) is 1. The first-order valence-corrected chi connectivity index (χ1v) is 10.9. The third-order valence-corrected chi connectivity index (χ3v) is 5.94. The molecule has 1 aliphatic carbocycles. The fourth-order valence-corrected chi connectivity index (χ4v) is 4.35. The van der Waals surface area contributed by atoms with Crippen LogP contribution in [0.25, 0.3) is 22.6 Å². The first-order chi connectivity index (χ1) is 15.9. The average Bonchev–Trinajstić information content (AvgIpc) is 3.49. The Hall–Kier alpha value is -3.63. The number of likely N-dealkylation sites (tertiary alicyclic amines) is 1. The van der Waals surface area contributed by atoms with Gasteiger partial charge in [-0.25, -0.2) is 18.7 Å². The summed E-state index contributed by atoms with van der Waals surface area (Å²) < 4.78 is 30.8. The lowest BCUT2D eigenvalue weighted by molar-refractivity contribution is -0.126. The fourth-order valence-electron chi connectivity index (χ4n) is 4.35. The second-order valence-corrected chi connectivity index (χ2v) is 8.43. The van der Waals surface area contributed by atoms with Gasteiger partial charge in [-0.3, -0.25) is 18.8 Å². The van der Waals surface area contributed by atoms with Gasteiger partial charge in [0.2, 0.25) is 5.91 Å². The molecule has 33 heavy (non-hydrogen) atoms. The van der Waals surface area contributed by atoms with E-state index in [2.05, 4.69) is 20.1 Å². The van der Waals surface area contributed by atoms with Crippen LogP contribution < -0.4 is 5.56 Å². The molecule has 2 atom stereocenters. The molecule has 5 rings (SSSR count). The number of hydrogen-bond acceptors (Lipinski definition) is 5. The summed E-state index contributed by atoms with van der Waals surface area (Å²) >= 11 is 0. The highest BCUT2D eigenvalue weighted by Crippen LogP contribution is 2.31. The maximum Gasteiger partial charge on any atom is 0.279 e. The summed E-state index contributed by atoms with van der Waals surface area (Å²) in [5.74, 6) is -0.277. The molecule has 1 aliphatic heterocycles. The lowest BCUT2D eigenvalue weighted by Gasteiger charge is -2.25. The van der Waals surface area contributed by atoms with Gasteiger partial charge in [0, 0.05) is 44.6 Å². The van der Waals surface area contributed by atoms with Crippen molar-refractivity contribution in [3.05, 3.63) is 52.8 Å². The molecule has 11 heteroatoms. The van der Waals surface area contributed by atoms with E-state index >= 15 is 0 Å². The summed E-state index contributed by atoms with van der Waals surface area (Å²) in [6.45, 7) is 3.37. The van der Waals surface area contributed by atoms with Crippen molar-refractivity contribution in [3.63, 3.8) is 0 Å². The fraction of sp³-hybridized carbons (Fsp3) is 0.409. The third-order valence-electron chi connectivity index (χ3n) is 5.94. The van der Waals surface area contributed by atoms with Crippen molar-refractivity contribution >= 4 is 17.1 Å². The highest BCUT2D eigenvalue weighted by molar-refractivity contribution is 5.81. The van der Waals surface area contributed by atoms with Gasteiger partial charge in [-0.1, -0.05) is 6.92 Å². The highest BCUT2D eigenvalue weighted by Gasteiger charge is 2.36. The Morgan fingerprint density at radius 1 is 1.24 bits per heavy atom. The number of aromatic amines is 1. The Bertz CT molecular complexity index is 1340. The van der Waals surface area contributed by atoms with Gasteiger partial charge >= 0.3 is 0 Å². The lowest BCUT2D eigenvalue weighted by atomic mass is 10.1. The van der Waals surface area contributed by atoms with E-state index in [4.69, 9.17) is 0 Å². The van der Waals surface area contributed by atoms with Gasteiger partial charge in [0.15, 0.2) is 11.2 Å². The predicted molar refractivity (Wildman–Crippen MR) is 116 cm³/mol. The second-order valence-electron chi connectivity index (χ2n) is 8.43. The number of amides is 1. The summed E-state index contributed by atoms with van der Waals surface area (Å²) in [7, 11) is 0. The Balaban J connectivity index is 1.31. The predicted octanol–water partition coefficient (Wildman–Crippen LogP) is 2.72. The monoisotopic (exact) mass is 455 g/mol. The molecule has 0 aromatic carbocycles.